The van der Waals surface area contributed by atoms with Gasteiger partial charge in [0.05, 0.1) is 22.2 Å². The van der Waals surface area contributed by atoms with Gasteiger partial charge in [-0.3, -0.25) is 33.6 Å². The van der Waals surface area contributed by atoms with Gasteiger partial charge in [-0.1, -0.05) is 50.2 Å². The van der Waals surface area contributed by atoms with Crippen LogP contribution in [0.15, 0.2) is 72.2 Å². The number of aromatic nitrogens is 1. The minimum absolute atomic E-state index is 0.0148. The van der Waals surface area contributed by atoms with E-state index >= 15 is 0 Å². The van der Waals surface area contributed by atoms with E-state index in [0.29, 0.717) is 23.4 Å². The van der Waals surface area contributed by atoms with Crippen LogP contribution in [0.3, 0.4) is 0 Å². The van der Waals surface area contributed by atoms with E-state index in [4.69, 9.17) is 0 Å². The van der Waals surface area contributed by atoms with Crippen molar-refractivity contribution < 1.29 is 38.7 Å². The van der Waals surface area contributed by atoms with E-state index < -0.39 is 71.8 Å². The fourth-order valence-corrected chi connectivity index (χ4v) is 8.52. The normalized spacial score (nSPS) is 23.5. The lowest BCUT2D eigenvalue weighted by Crippen LogP contribution is -2.59. The molecule has 2 aromatic carbocycles. The van der Waals surface area contributed by atoms with Crippen molar-refractivity contribution in [3.63, 3.8) is 0 Å². The summed E-state index contributed by atoms with van der Waals surface area (Å²) in [5.74, 6) is -3.96. The second-order valence-corrected chi connectivity index (χ2v) is 17.1. The van der Waals surface area contributed by atoms with Crippen LogP contribution in [-0.4, -0.2) is 113 Å². The number of thiophene rings is 1. The molecule has 0 unspecified atom stereocenters. The van der Waals surface area contributed by atoms with Crippen molar-refractivity contribution in [3.05, 3.63) is 88.2 Å². The van der Waals surface area contributed by atoms with Crippen LogP contribution in [0.2, 0.25) is 0 Å². The van der Waals surface area contributed by atoms with E-state index in [0.717, 1.165) is 16.5 Å². The maximum absolute atomic E-state index is 14.3. The molecule has 4 heterocycles. The van der Waals surface area contributed by atoms with Gasteiger partial charge in [-0.15, -0.1) is 11.3 Å². The minimum Gasteiger partial charge on any atom is -0.391 e. The van der Waals surface area contributed by atoms with Crippen molar-refractivity contribution in [3.8, 4) is 0 Å². The predicted molar refractivity (Wildman–Crippen MR) is 231 cm³/mol. The van der Waals surface area contributed by atoms with E-state index in [-0.39, 0.29) is 56.2 Å². The molecule has 17 heteroatoms. The lowest BCUT2D eigenvalue weighted by Gasteiger charge is -2.30. The Morgan fingerprint density at radius 3 is 2.39 bits per heavy atom. The summed E-state index contributed by atoms with van der Waals surface area (Å²) in [6.45, 7) is 5.34. The Hall–Kier alpha value is -6.07. The third kappa shape index (κ3) is 10.8. The molecule has 0 saturated carbocycles. The third-order valence-electron chi connectivity index (χ3n) is 11.1. The molecule has 2 aliphatic heterocycles. The molecule has 2 aliphatic rings. The Morgan fingerprint density at radius 2 is 1.64 bits per heavy atom. The highest BCUT2D eigenvalue weighted by Gasteiger charge is 2.42. The van der Waals surface area contributed by atoms with Crippen LogP contribution < -0.4 is 31.5 Å². The number of aliphatic hydroxyl groups excluding tert-OH is 1. The maximum atomic E-state index is 14.3. The molecule has 6 atom stereocenters. The summed E-state index contributed by atoms with van der Waals surface area (Å²) in [7, 11) is 1.56. The molecule has 2 fully saturated rings. The number of para-hydroxylation sites is 2. The lowest BCUT2D eigenvalue weighted by molar-refractivity contribution is -0.142. The first kappa shape index (κ1) is 44.5. The van der Waals surface area contributed by atoms with E-state index in [1.54, 1.807) is 55.0 Å². The van der Waals surface area contributed by atoms with E-state index in [2.05, 4.69) is 31.6 Å². The number of fused-ring (bicyclic) bond motifs is 2. The third-order valence-corrected chi connectivity index (χ3v) is 11.9. The summed E-state index contributed by atoms with van der Waals surface area (Å²) in [4.78, 5) is 104. The van der Waals surface area contributed by atoms with Gasteiger partial charge < -0.3 is 46.5 Å². The van der Waals surface area contributed by atoms with E-state index in [1.807, 2.05) is 38.1 Å². The molecule has 6 rings (SSSR count). The standard InChI is InChI=1S/C44H54N8O8S/c1-25(2)20-34-43(59)52-24-28(53)22-36(52)42(58)45-18-10-9-15-32(48-39(55)30-13-6-8-16-35(30)51(4)44(60)37-17-11-19-61-37)40(56)47-26(3)38(54)49-33(41(57)50-34)21-27-23-46-31-14-7-5-12-29(27)31/h5-8,11-14,16-17,19,23,25-26,28,32-34,36,46,53H,9-10,15,18,20-22,24H2,1-4H3,(H,45,58)(H,47,56)(H,48,55)(H,49,54)(H,50,57)/t26-,28-,32+,33+,34-,36+/m1/s1. The predicted octanol–water partition coefficient (Wildman–Crippen LogP) is 2.63. The van der Waals surface area contributed by atoms with Crippen LogP contribution >= 0.6 is 11.3 Å². The summed E-state index contributed by atoms with van der Waals surface area (Å²) in [5.41, 5.74) is 2.02. The van der Waals surface area contributed by atoms with Crippen molar-refractivity contribution in [1.82, 2.24) is 36.5 Å². The first-order valence-electron chi connectivity index (χ1n) is 20.7. The minimum atomic E-state index is -1.21. The Labute approximate surface area is 358 Å². The van der Waals surface area contributed by atoms with Gasteiger partial charge in [-0.25, -0.2) is 0 Å². The number of nitrogens with one attached hydrogen (secondary N) is 6. The number of carbonyl (C=O) groups excluding carboxylic acids is 7. The molecule has 2 saturated heterocycles. The van der Waals surface area contributed by atoms with Gasteiger partial charge in [0.2, 0.25) is 29.5 Å². The molecule has 16 nitrogen and oxygen atoms in total. The van der Waals surface area contributed by atoms with Crippen molar-refractivity contribution in [1.29, 1.82) is 0 Å². The molecule has 7 N–H and O–H groups in total. The number of anilines is 1. The molecule has 0 spiro atoms. The molecule has 0 aliphatic carbocycles. The molecular weight excluding hydrogens is 801 g/mol. The zero-order valence-corrected chi connectivity index (χ0v) is 35.6. The summed E-state index contributed by atoms with van der Waals surface area (Å²) in [5, 5.41) is 27.3. The number of carbonyl (C=O) groups is 7. The molecule has 0 bridgehead atoms. The number of hydrogen-bond donors (Lipinski definition) is 7. The van der Waals surface area contributed by atoms with Crippen molar-refractivity contribution in [2.75, 3.05) is 25.0 Å². The van der Waals surface area contributed by atoms with Gasteiger partial charge in [-0.2, -0.15) is 0 Å². The summed E-state index contributed by atoms with van der Waals surface area (Å²) >= 11 is 1.27. The van der Waals surface area contributed by atoms with Crippen molar-refractivity contribution in [2.24, 2.45) is 5.92 Å². The highest BCUT2D eigenvalue weighted by molar-refractivity contribution is 7.12. The van der Waals surface area contributed by atoms with Gasteiger partial charge in [0.15, 0.2) is 0 Å². The second-order valence-electron chi connectivity index (χ2n) is 16.1. The Kier molecular flexibility index (Phi) is 14.6. The van der Waals surface area contributed by atoms with Gasteiger partial charge in [-0.05, 0) is 73.7 Å². The fourth-order valence-electron chi connectivity index (χ4n) is 7.82. The molecule has 7 amide bonds. The van der Waals surface area contributed by atoms with Crippen LogP contribution in [0.25, 0.3) is 10.9 Å². The van der Waals surface area contributed by atoms with Crippen molar-refractivity contribution >= 4 is 69.3 Å². The summed E-state index contributed by atoms with van der Waals surface area (Å²) < 4.78 is 0. The Balaban J connectivity index is 1.28. The average Bonchev–Trinajstić information content (AvgIpc) is 4.02. The number of benzene rings is 2. The number of aromatic amines is 1. The van der Waals surface area contributed by atoms with Gasteiger partial charge in [0.1, 0.15) is 30.2 Å². The number of H-pyrrole nitrogens is 1. The Morgan fingerprint density at radius 1 is 0.902 bits per heavy atom. The van der Waals surface area contributed by atoms with E-state index in [9.17, 15) is 38.7 Å². The number of amides is 7. The van der Waals surface area contributed by atoms with Crippen LogP contribution in [0, 0.1) is 5.92 Å². The highest BCUT2D eigenvalue weighted by Crippen LogP contribution is 2.25. The molecule has 61 heavy (non-hydrogen) atoms. The molecule has 324 valence electrons. The highest BCUT2D eigenvalue weighted by atomic mass is 32.1. The molecular formula is C44H54N8O8S. The van der Waals surface area contributed by atoms with Gasteiger partial charge >= 0.3 is 0 Å². The molecule has 0 radical (unpaired) electrons. The zero-order valence-electron chi connectivity index (χ0n) is 34.7. The first-order valence-corrected chi connectivity index (χ1v) is 21.5. The molecule has 2 aromatic heterocycles. The summed E-state index contributed by atoms with van der Waals surface area (Å²) in [6, 6.07) is 11.9. The first-order chi connectivity index (χ1) is 29.2. The van der Waals surface area contributed by atoms with Crippen LogP contribution in [0.4, 0.5) is 5.69 Å². The van der Waals surface area contributed by atoms with Crippen LogP contribution in [0.1, 0.15) is 78.5 Å². The number of nitrogens with zero attached hydrogens (tertiary/aromatic N) is 2. The quantitative estimate of drug-likeness (QED) is 0.139. The smallest absolute Gasteiger partial charge is 0.268 e. The maximum Gasteiger partial charge on any atom is 0.268 e. The largest absolute Gasteiger partial charge is 0.391 e. The summed E-state index contributed by atoms with van der Waals surface area (Å²) in [6.07, 6.45) is 1.92. The van der Waals surface area contributed by atoms with E-state index in [1.165, 1.54) is 28.1 Å². The van der Waals surface area contributed by atoms with Crippen LogP contribution in [0.5, 0.6) is 0 Å². The van der Waals surface area contributed by atoms with Crippen LogP contribution in [-0.2, 0) is 30.4 Å². The van der Waals surface area contributed by atoms with Gasteiger partial charge in [0, 0.05) is 50.1 Å². The Bertz CT molecular complexity index is 2240. The second kappa shape index (κ2) is 20.0. The monoisotopic (exact) mass is 854 g/mol. The molecule has 4 aromatic rings. The average molecular weight is 855 g/mol. The SMILES string of the molecule is CC(C)C[C@H]1NC(=O)[C@H](Cc2c[nH]c3ccccc23)NC(=O)[C@@H](C)NC(=O)[C@@H](NC(=O)c2ccccc2N(C)C(=O)c2cccs2)CCCCNC(=O)[C@@H]2C[C@@H](O)CN2C1=O. The number of rotatable bonds is 8. The fraction of sp³-hybridized carbons (Fsp3) is 0.432. The van der Waals surface area contributed by atoms with Gasteiger partial charge in [0.25, 0.3) is 11.8 Å². The lowest BCUT2D eigenvalue weighted by atomic mass is 10.00. The number of hydrogen-bond acceptors (Lipinski definition) is 9. The number of aliphatic hydroxyl groups is 1. The topological polar surface area (TPSA) is 222 Å². The zero-order chi connectivity index (χ0) is 43.8. The van der Waals surface area contributed by atoms with Crippen molar-refractivity contribution in [2.45, 2.75) is 95.6 Å².